The van der Waals surface area contributed by atoms with Gasteiger partial charge in [0, 0.05) is 18.1 Å². The van der Waals surface area contributed by atoms with E-state index in [0.29, 0.717) is 30.9 Å². The summed E-state index contributed by atoms with van der Waals surface area (Å²) in [6, 6.07) is 9.55. The van der Waals surface area contributed by atoms with Crippen LogP contribution in [0.25, 0.3) is 11.0 Å². The number of pyridine rings is 1. The number of amides is 1. The van der Waals surface area contributed by atoms with Crippen molar-refractivity contribution in [1.29, 1.82) is 0 Å². The highest BCUT2D eigenvalue weighted by Gasteiger charge is 2.26. The van der Waals surface area contributed by atoms with Crippen molar-refractivity contribution in [3.8, 4) is 5.75 Å². The van der Waals surface area contributed by atoms with E-state index in [-0.39, 0.29) is 12.0 Å². The summed E-state index contributed by atoms with van der Waals surface area (Å²) in [5.41, 5.74) is 2.23. The van der Waals surface area contributed by atoms with Gasteiger partial charge in [-0.25, -0.2) is 4.98 Å². The summed E-state index contributed by atoms with van der Waals surface area (Å²) in [5, 5.41) is 7.55. The Balaban J connectivity index is 1.54. The number of aromatic nitrogens is 3. The number of nitrogens with one attached hydrogen (secondary N) is 1. The first-order valence-corrected chi connectivity index (χ1v) is 8.08. The number of aromatic amines is 1. The minimum atomic E-state index is -0.168. The summed E-state index contributed by atoms with van der Waals surface area (Å²) in [6.07, 6.45) is 3.08. The van der Waals surface area contributed by atoms with E-state index in [1.807, 2.05) is 30.3 Å². The topological polar surface area (TPSA) is 80.3 Å². The normalized spacial score (nSPS) is 17.6. The van der Waals surface area contributed by atoms with Crippen molar-refractivity contribution in [3.63, 3.8) is 0 Å². The number of hydrogen-bond acceptors (Lipinski definition) is 5. The lowest BCUT2D eigenvalue weighted by atomic mass is 10.1. The Morgan fingerprint density at radius 1 is 1.36 bits per heavy atom. The van der Waals surface area contributed by atoms with Crippen LogP contribution in [0.1, 0.15) is 22.0 Å². The second-order valence-corrected chi connectivity index (χ2v) is 5.92. The summed E-state index contributed by atoms with van der Waals surface area (Å²) in [6.45, 7) is 1.55. The summed E-state index contributed by atoms with van der Waals surface area (Å²) >= 11 is 0. The van der Waals surface area contributed by atoms with Gasteiger partial charge in [-0.3, -0.25) is 9.89 Å². The van der Waals surface area contributed by atoms with Crippen molar-refractivity contribution in [2.75, 3.05) is 26.8 Å². The molecule has 0 bridgehead atoms. The van der Waals surface area contributed by atoms with Crippen LogP contribution in [-0.4, -0.2) is 52.8 Å². The van der Waals surface area contributed by atoms with Gasteiger partial charge in [-0.1, -0.05) is 12.1 Å². The van der Waals surface area contributed by atoms with Crippen LogP contribution in [-0.2, 0) is 4.74 Å². The SMILES string of the molecule is COc1cccc(C2CN(C(=O)c3cnc4[nH]ncc4c3)CCO2)c1. The van der Waals surface area contributed by atoms with Gasteiger partial charge < -0.3 is 14.4 Å². The molecule has 3 aromatic rings. The Kier molecular flexibility index (Phi) is 4.07. The number of rotatable bonds is 3. The minimum absolute atomic E-state index is 0.0493. The molecule has 25 heavy (non-hydrogen) atoms. The molecule has 4 rings (SSSR count). The third kappa shape index (κ3) is 3.06. The smallest absolute Gasteiger partial charge is 0.255 e. The zero-order valence-electron chi connectivity index (χ0n) is 13.8. The van der Waals surface area contributed by atoms with Crippen LogP contribution < -0.4 is 4.74 Å². The highest BCUT2D eigenvalue weighted by Crippen LogP contribution is 2.26. The van der Waals surface area contributed by atoms with E-state index in [2.05, 4.69) is 15.2 Å². The summed E-state index contributed by atoms with van der Waals surface area (Å²) in [7, 11) is 1.63. The molecule has 0 saturated carbocycles. The highest BCUT2D eigenvalue weighted by molar-refractivity contribution is 5.96. The summed E-state index contributed by atoms with van der Waals surface area (Å²) < 4.78 is 11.1. The van der Waals surface area contributed by atoms with Gasteiger partial charge in [-0.2, -0.15) is 5.10 Å². The van der Waals surface area contributed by atoms with Crippen molar-refractivity contribution in [3.05, 3.63) is 53.9 Å². The molecule has 1 fully saturated rings. The standard InChI is InChI=1S/C18H18N4O3/c1-24-15-4-2-3-12(8-15)16-11-22(5-6-25-16)18(23)14-7-13-10-20-21-17(13)19-9-14/h2-4,7-10,16H,5-6,11H2,1H3,(H,19,20,21). The number of carbonyl (C=O) groups is 1. The Morgan fingerprint density at radius 2 is 2.28 bits per heavy atom. The number of carbonyl (C=O) groups excluding carboxylic acids is 1. The van der Waals surface area contributed by atoms with E-state index >= 15 is 0 Å². The molecule has 1 saturated heterocycles. The average molecular weight is 338 g/mol. The van der Waals surface area contributed by atoms with E-state index < -0.39 is 0 Å². The molecule has 128 valence electrons. The predicted octanol–water partition coefficient (Wildman–Crippen LogP) is 2.18. The van der Waals surface area contributed by atoms with Crippen molar-refractivity contribution in [2.24, 2.45) is 0 Å². The van der Waals surface area contributed by atoms with Crippen LogP contribution in [0.2, 0.25) is 0 Å². The van der Waals surface area contributed by atoms with Crippen molar-refractivity contribution >= 4 is 16.9 Å². The molecule has 1 N–H and O–H groups in total. The molecular weight excluding hydrogens is 320 g/mol. The van der Waals surface area contributed by atoms with Gasteiger partial charge in [-0.05, 0) is 23.8 Å². The average Bonchev–Trinajstić information content (AvgIpc) is 3.15. The van der Waals surface area contributed by atoms with Gasteiger partial charge in [0.05, 0.1) is 32.0 Å². The number of ether oxygens (including phenoxy) is 2. The highest BCUT2D eigenvalue weighted by atomic mass is 16.5. The van der Waals surface area contributed by atoms with E-state index in [0.717, 1.165) is 16.7 Å². The largest absolute Gasteiger partial charge is 0.497 e. The number of nitrogens with zero attached hydrogens (tertiary/aromatic N) is 3. The van der Waals surface area contributed by atoms with Crippen molar-refractivity contribution < 1.29 is 14.3 Å². The minimum Gasteiger partial charge on any atom is -0.497 e. The molecule has 0 spiro atoms. The van der Waals surface area contributed by atoms with Crippen LogP contribution in [0, 0.1) is 0 Å². The van der Waals surface area contributed by atoms with Gasteiger partial charge >= 0.3 is 0 Å². The maximum Gasteiger partial charge on any atom is 0.255 e. The molecule has 3 heterocycles. The van der Waals surface area contributed by atoms with E-state index in [4.69, 9.17) is 9.47 Å². The molecule has 1 amide bonds. The molecule has 2 aromatic heterocycles. The van der Waals surface area contributed by atoms with Crippen LogP contribution in [0.15, 0.2) is 42.7 Å². The van der Waals surface area contributed by atoms with Crippen LogP contribution in [0.4, 0.5) is 0 Å². The third-order valence-electron chi connectivity index (χ3n) is 4.36. The zero-order valence-corrected chi connectivity index (χ0v) is 13.8. The Morgan fingerprint density at radius 3 is 3.16 bits per heavy atom. The van der Waals surface area contributed by atoms with E-state index in [1.54, 1.807) is 24.4 Å². The van der Waals surface area contributed by atoms with E-state index in [9.17, 15) is 4.79 Å². The fourth-order valence-electron chi connectivity index (χ4n) is 3.01. The quantitative estimate of drug-likeness (QED) is 0.792. The van der Waals surface area contributed by atoms with Crippen LogP contribution in [0.5, 0.6) is 5.75 Å². The second kappa shape index (κ2) is 6.52. The molecule has 1 aromatic carbocycles. The summed E-state index contributed by atoms with van der Waals surface area (Å²) in [5.74, 6) is 0.728. The lowest BCUT2D eigenvalue weighted by molar-refractivity contribution is -0.0228. The van der Waals surface area contributed by atoms with Gasteiger partial charge in [-0.15, -0.1) is 0 Å². The van der Waals surface area contributed by atoms with Gasteiger partial charge in [0.25, 0.3) is 5.91 Å². The van der Waals surface area contributed by atoms with Gasteiger partial charge in [0.2, 0.25) is 0 Å². The van der Waals surface area contributed by atoms with Gasteiger partial charge in [0.15, 0.2) is 5.65 Å². The second-order valence-electron chi connectivity index (χ2n) is 5.92. The Labute approximate surface area is 144 Å². The van der Waals surface area contributed by atoms with Gasteiger partial charge in [0.1, 0.15) is 11.9 Å². The maximum absolute atomic E-state index is 12.8. The lowest BCUT2D eigenvalue weighted by Crippen LogP contribution is -2.42. The Hall–Kier alpha value is -2.93. The molecule has 7 heteroatoms. The molecule has 1 atom stereocenters. The first-order chi connectivity index (χ1) is 12.2. The number of hydrogen-bond donors (Lipinski definition) is 1. The van der Waals surface area contributed by atoms with Crippen LogP contribution in [0.3, 0.4) is 0 Å². The molecule has 0 radical (unpaired) electrons. The van der Waals surface area contributed by atoms with Crippen molar-refractivity contribution in [2.45, 2.75) is 6.10 Å². The zero-order chi connectivity index (χ0) is 17.2. The van der Waals surface area contributed by atoms with E-state index in [1.165, 1.54) is 0 Å². The Bertz CT molecular complexity index is 908. The first-order valence-electron chi connectivity index (χ1n) is 8.08. The fraction of sp³-hybridized carbons (Fsp3) is 0.278. The number of benzene rings is 1. The number of morpholine rings is 1. The number of fused-ring (bicyclic) bond motifs is 1. The molecular formula is C18H18N4O3. The lowest BCUT2D eigenvalue weighted by Gasteiger charge is -2.33. The molecule has 1 aliphatic heterocycles. The fourth-order valence-corrected chi connectivity index (χ4v) is 3.01. The number of methoxy groups -OCH3 is 1. The maximum atomic E-state index is 12.8. The van der Waals surface area contributed by atoms with Crippen LogP contribution >= 0.6 is 0 Å². The molecule has 1 unspecified atom stereocenters. The summed E-state index contributed by atoms with van der Waals surface area (Å²) in [4.78, 5) is 18.9. The predicted molar refractivity (Wildman–Crippen MR) is 91.5 cm³/mol. The van der Waals surface area contributed by atoms with Crippen molar-refractivity contribution in [1.82, 2.24) is 20.1 Å². The molecule has 0 aliphatic carbocycles. The molecule has 1 aliphatic rings. The molecule has 7 nitrogen and oxygen atoms in total. The first kappa shape index (κ1) is 15.6. The monoisotopic (exact) mass is 338 g/mol. The third-order valence-corrected chi connectivity index (χ3v) is 4.36. The number of H-pyrrole nitrogens is 1.